The molecule has 2 aromatic rings. The molecule has 1 aliphatic heterocycles. The fourth-order valence-electron chi connectivity index (χ4n) is 2.10. The van der Waals surface area contributed by atoms with E-state index in [-0.39, 0.29) is 0 Å². The van der Waals surface area contributed by atoms with Crippen LogP contribution in [0.25, 0.3) is 0 Å². The van der Waals surface area contributed by atoms with Gasteiger partial charge in [0.2, 0.25) is 0 Å². The van der Waals surface area contributed by atoms with Gasteiger partial charge in [0.05, 0.1) is 15.7 Å². The van der Waals surface area contributed by atoms with E-state index in [4.69, 9.17) is 32.7 Å². The molecule has 0 aliphatic carbocycles. The number of nitrogens with one attached hydrogen (secondary N) is 1. The Hall–Kier alpha value is -1.58. The van der Waals surface area contributed by atoms with Gasteiger partial charge in [0.15, 0.2) is 11.5 Å². The lowest BCUT2D eigenvalue weighted by Gasteiger charge is -2.21. The highest BCUT2D eigenvalue weighted by molar-refractivity contribution is 6.43. The summed E-state index contributed by atoms with van der Waals surface area (Å²) >= 11 is 12.1. The lowest BCUT2D eigenvalue weighted by atomic mass is 10.1. The highest BCUT2D eigenvalue weighted by Gasteiger charge is 2.15. The Balaban J connectivity index is 1.80. The van der Waals surface area contributed by atoms with E-state index in [1.165, 1.54) is 0 Å². The predicted octanol–water partition coefficient (Wildman–Crippen LogP) is 4.38. The predicted molar refractivity (Wildman–Crippen MR) is 81.2 cm³/mol. The third kappa shape index (κ3) is 2.65. The molecule has 0 saturated heterocycles. The van der Waals surface area contributed by atoms with E-state index >= 15 is 0 Å². The zero-order valence-electron chi connectivity index (χ0n) is 10.7. The van der Waals surface area contributed by atoms with Crippen LogP contribution in [0.3, 0.4) is 0 Å². The first-order valence-corrected chi connectivity index (χ1v) is 7.06. The van der Waals surface area contributed by atoms with Gasteiger partial charge in [-0.2, -0.15) is 0 Å². The second-order valence-corrected chi connectivity index (χ2v) is 5.18. The highest BCUT2D eigenvalue weighted by Crippen LogP contribution is 2.35. The van der Waals surface area contributed by atoms with Crippen molar-refractivity contribution < 1.29 is 9.47 Å². The van der Waals surface area contributed by atoms with E-state index in [0.717, 1.165) is 22.7 Å². The highest BCUT2D eigenvalue weighted by atomic mass is 35.5. The molecule has 1 N–H and O–H groups in total. The summed E-state index contributed by atoms with van der Waals surface area (Å²) in [5, 5.41) is 4.33. The van der Waals surface area contributed by atoms with Crippen LogP contribution in [0.5, 0.6) is 11.5 Å². The average molecular weight is 310 g/mol. The molecule has 0 fully saturated rings. The second-order valence-electron chi connectivity index (χ2n) is 4.40. The van der Waals surface area contributed by atoms with Crippen LogP contribution >= 0.6 is 23.2 Å². The van der Waals surface area contributed by atoms with Gasteiger partial charge in [-0.3, -0.25) is 0 Å². The molecule has 3 rings (SSSR count). The smallest absolute Gasteiger partial charge is 0.166 e. The Bertz CT molecular complexity index is 631. The van der Waals surface area contributed by atoms with Crippen molar-refractivity contribution in [3.8, 4) is 11.5 Å². The minimum absolute atomic E-state index is 0.524. The topological polar surface area (TPSA) is 30.5 Å². The Morgan fingerprint density at radius 3 is 2.70 bits per heavy atom. The monoisotopic (exact) mass is 309 g/mol. The summed E-state index contributed by atoms with van der Waals surface area (Å²) in [6, 6.07) is 11.4. The summed E-state index contributed by atoms with van der Waals surface area (Å²) in [4.78, 5) is 0. The molecule has 0 unspecified atom stereocenters. The zero-order chi connectivity index (χ0) is 13.9. The molecule has 5 heteroatoms. The summed E-state index contributed by atoms with van der Waals surface area (Å²) in [5.41, 5.74) is 1.83. The molecule has 104 valence electrons. The second kappa shape index (κ2) is 5.81. The van der Waals surface area contributed by atoms with Crippen molar-refractivity contribution in [3.05, 3.63) is 52.0 Å². The number of halogens is 2. The first-order chi connectivity index (χ1) is 9.75. The molecule has 0 aromatic heterocycles. The summed E-state index contributed by atoms with van der Waals surface area (Å²) in [6.07, 6.45) is 0. The van der Waals surface area contributed by atoms with E-state index in [1.807, 2.05) is 30.3 Å². The van der Waals surface area contributed by atoms with Gasteiger partial charge in [-0.15, -0.1) is 0 Å². The van der Waals surface area contributed by atoms with Gasteiger partial charge in [-0.25, -0.2) is 0 Å². The van der Waals surface area contributed by atoms with Crippen LogP contribution in [0, 0.1) is 0 Å². The zero-order valence-corrected chi connectivity index (χ0v) is 12.2. The molecule has 2 aromatic carbocycles. The molecule has 0 saturated carbocycles. The van der Waals surface area contributed by atoms with Gasteiger partial charge in [0.25, 0.3) is 0 Å². The van der Waals surface area contributed by atoms with E-state index in [1.54, 1.807) is 6.07 Å². The lowest BCUT2D eigenvalue weighted by Crippen LogP contribution is -2.17. The standard InChI is InChI=1S/C15H13Cl2NO2/c16-11-4-2-5-12(14(11)17)18-9-10-3-1-6-13-15(10)20-8-7-19-13/h1-6,18H,7-9H2. The molecule has 0 amide bonds. The SMILES string of the molecule is Clc1cccc(NCc2cccc3c2OCCO3)c1Cl. The van der Waals surface area contributed by atoms with Gasteiger partial charge in [-0.05, 0) is 18.2 Å². The Morgan fingerprint density at radius 1 is 1.00 bits per heavy atom. The fraction of sp³-hybridized carbons (Fsp3) is 0.200. The Kier molecular flexibility index (Phi) is 3.90. The van der Waals surface area contributed by atoms with Crippen LogP contribution in [0.1, 0.15) is 5.56 Å². The number of benzene rings is 2. The van der Waals surface area contributed by atoms with E-state index in [2.05, 4.69) is 5.32 Å². The molecule has 3 nitrogen and oxygen atoms in total. The van der Waals surface area contributed by atoms with Crippen LogP contribution in [-0.2, 0) is 6.54 Å². The maximum absolute atomic E-state index is 6.15. The van der Waals surface area contributed by atoms with Crippen molar-refractivity contribution in [1.29, 1.82) is 0 Å². The Morgan fingerprint density at radius 2 is 1.80 bits per heavy atom. The first kappa shape index (κ1) is 13.4. The summed E-state index contributed by atoms with van der Waals surface area (Å²) < 4.78 is 11.2. The third-order valence-corrected chi connectivity index (χ3v) is 3.89. The minimum Gasteiger partial charge on any atom is -0.486 e. The average Bonchev–Trinajstić information content (AvgIpc) is 2.49. The molecule has 0 spiro atoms. The largest absolute Gasteiger partial charge is 0.486 e. The number of rotatable bonds is 3. The molecule has 0 atom stereocenters. The molecule has 0 radical (unpaired) electrons. The first-order valence-electron chi connectivity index (χ1n) is 6.31. The minimum atomic E-state index is 0.524. The normalized spacial score (nSPS) is 13.1. The van der Waals surface area contributed by atoms with Crippen LogP contribution in [-0.4, -0.2) is 13.2 Å². The van der Waals surface area contributed by atoms with E-state index < -0.39 is 0 Å². The fourth-order valence-corrected chi connectivity index (χ4v) is 2.47. The molecule has 0 bridgehead atoms. The van der Waals surface area contributed by atoms with Crippen LogP contribution in [0.15, 0.2) is 36.4 Å². The molecule has 20 heavy (non-hydrogen) atoms. The maximum atomic E-state index is 6.15. The number of ether oxygens (including phenoxy) is 2. The number of hydrogen-bond acceptors (Lipinski definition) is 3. The molecule has 1 aliphatic rings. The van der Waals surface area contributed by atoms with Crippen molar-refractivity contribution in [2.24, 2.45) is 0 Å². The third-order valence-electron chi connectivity index (χ3n) is 3.07. The van der Waals surface area contributed by atoms with Gasteiger partial charge in [0, 0.05) is 12.1 Å². The maximum Gasteiger partial charge on any atom is 0.166 e. The van der Waals surface area contributed by atoms with Crippen molar-refractivity contribution >= 4 is 28.9 Å². The van der Waals surface area contributed by atoms with Gasteiger partial charge >= 0.3 is 0 Å². The van der Waals surface area contributed by atoms with E-state index in [0.29, 0.717) is 29.8 Å². The van der Waals surface area contributed by atoms with Gasteiger partial charge in [-0.1, -0.05) is 41.4 Å². The van der Waals surface area contributed by atoms with Crippen LogP contribution in [0.4, 0.5) is 5.69 Å². The number of hydrogen-bond donors (Lipinski definition) is 1. The van der Waals surface area contributed by atoms with Crippen molar-refractivity contribution in [1.82, 2.24) is 0 Å². The Labute approximate surface area is 127 Å². The molecular weight excluding hydrogens is 297 g/mol. The van der Waals surface area contributed by atoms with Gasteiger partial charge < -0.3 is 14.8 Å². The van der Waals surface area contributed by atoms with Crippen molar-refractivity contribution in [3.63, 3.8) is 0 Å². The number of para-hydroxylation sites is 1. The number of anilines is 1. The quantitative estimate of drug-likeness (QED) is 0.913. The lowest BCUT2D eigenvalue weighted by molar-refractivity contribution is 0.170. The van der Waals surface area contributed by atoms with Crippen LogP contribution < -0.4 is 14.8 Å². The molecule has 1 heterocycles. The number of fused-ring (bicyclic) bond motifs is 1. The van der Waals surface area contributed by atoms with Crippen LogP contribution in [0.2, 0.25) is 10.0 Å². The van der Waals surface area contributed by atoms with Crippen molar-refractivity contribution in [2.75, 3.05) is 18.5 Å². The molecular formula is C15H13Cl2NO2. The van der Waals surface area contributed by atoms with Gasteiger partial charge in [0.1, 0.15) is 13.2 Å². The van der Waals surface area contributed by atoms with E-state index in [9.17, 15) is 0 Å². The summed E-state index contributed by atoms with van der Waals surface area (Å²) in [5.74, 6) is 1.58. The summed E-state index contributed by atoms with van der Waals surface area (Å²) in [7, 11) is 0. The van der Waals surface area contributed by atoms with Crippen molar-refractivity contribution in [2.45, 2.75) is 6.54 Å². The summed E-state index contributed by atoms with van der Waals surface area (Å²) in [6.45, 7) is 1.75.